The Balaban J connectivity index is 3.51. The van der Waals surface area contributed by atoms with Crippen LogP contribution in [0.3, 0.4) is 0 Å². The van der Waals surface area contributed by atoms with E-state index in [-0.39, 0.29) is 11.9 Å². The van der Waals surface area contributed by atoms with Crippen LogP contribution in [0.25, 0.3) is 0 Å². The number of hydrogen-bond acceptors (Lipinski definition) is 4. The minimum atomic E-state index is -3.12. The first kappa shape index (κ1) is 14.3. The molecule has 0 aromatic heterocycles. The summed E-state index contributed by atoms with van der Waals surface area (Å²) in [7, 11) is -1.42. The average Bonchev–Trinajstić information content (AvgIpc) is 2.14. The van der Waals surface area contributed by atoms with Crippen LogP contribution in [0.4, 0.5) is 0 Å². The Labute approximate surface area is 90.9 Å². The van der Waals surface area contributed by atoms with Gasteiger partial charge in [-0.05, 0) is 20.4 Å². The number of carbonyl (C=O) groups is 1. The summed E-state index contributed by atoms with van der Waals surface area (Å²) in [4.78, 5) is 11.2. The lowest BCUT2D eigenvalue weighted by atomic mass is 10.3. The molecule has 3 N–H and O–H groups in total. The molecule has 0 spiro atoms. The molecule has 0 radical (unpaired) electrons. The van der Waals surface area contributed by atoms with Crippen molar-refractivity contribution < 1.29 is 13.2 Å². The molecule has 0 aliphatic heterocycles. The van der Waals surface area contributed by atoms with Gasteiger partial charge in [0.25, 0.3) is 0 Å². The van der Waals surface area contributed by atoms with Crippen LogP contribution in [0.5, 0.6) is 0 Å². The summed E-state index contributed by atoms with van der Waals surface area (Å²) in [6.07, 6.45) is 1.68. The number of likely N-dealkylation sites (N-methyl/N-ethyl adjacent to an activating group) is 1. The van der Waals surface area contributed by atoms with Crippen molar-refractivity contribution in [2.24, 2.45) is 0 Å². The number of nitrogens with one attached hydrogen (secondary N) is 3. The van der Waals surface area contributed by atoms with E-state index in [0.29, 0.717) is 19.5 Å². The fourth-order valence-electron chi connectivity index (χ4n) is 0.842. The third kappa shape index (κ3) is 8.34. The van der Waals surface area contributed by atoms with Gasteiger partial charge in [0.1, 0.15) is 0 Å². The third-order valence-corrected chi connectivity index (χ3v) is 2.57. The summed E-state index contributed by atoms with van der Waals surface area (Å²) in [5.41, 5.74) is 0. The first-order valence-corrected chi connectivity index (χ1v) is 6.65. The largest absolute Gasteiger partial charge is 0.355 e. The van der Waals surface area contributed by atoms with Gasteiger partial charge >= 0.3 is 0 Å². The number of rotatable bonds is 7. The third-order valence-electron chi connectivity index (χ3n) is 1.84. The Morgan fingerprint density at radius 2 is 1.93 bits per heavy atom. The zero-order chi connectivity index (χ0) is 11.9. The van der Waals surface area contributed by atoms with Crippen molar-refractivity contribution in [3.63, 3.8) is 0 Å². The Morgan fingerprint density at radius 3 is 2.40 bits per heavy atom. The SMILES string of the molecule is CNC(C)C(=O)NCCCNS(C)(=O)=O. The van der Waals surface area contributed by atoms with E-state index in [1.165, 1.54) is 0 Å². The van der Waals surface area contributed by atoms with Crippen LogP contribution in [0.1, 0.15) is 13.3 Å². The molecule has 0 aliphatic rings. The van der Waals surface area contributed by atoms with E-state index in [2.05, 4.69) is 15.4 Å². The molecule has 0 saturated carbocycles. The van der Waals surface area contributed by atoms with Gasteiger partial charge in [-0.25, -0.2) is 13.1 Å². The molecule has 7 heteroatoms. The van der Waals surface area contributed by atoms with Gasteiger partial charge in [-0.3, -0.25) is 4.79 Å². The summed E-state index contributed by atoms with van der Waals surface area (Å²) in [6.45, 7) is 2.56. The van der Waals surface area contributed by atoms with E-state index >= 15 is 0 Å². The number of amides is 1. The summed E-state index contributed by atoms with van der Waals surface area (Å²) >= 11 is 0. The Kier molecular flexibility index (Phi) is 6.46. The molecular formula is C8H19N3O3S. The summed E-state index contributed by atoms with van der Waals surface area (Å²) < 4.78 is 23.7. The van der Waals surface area contributed by atoms with Gasteiger partial charge < -0.3 is 10.6 Å². The molecule has 90 valence electrons. The standard InChI is InChI=1S/C8H19N3O3S/c1-7(9-2)8(12)10-5-4-6-11-15(3,13)14/h7,9,11H,4-6H2,1-3H3,(H,10,12). The van der Waals surface area contributed by atoms with Crippen molar-refractivity contribution >= 4 is 15.9 Å². The van der Waals surface area contributed by atoms with Gasteiger partial charge in [0, 0.05) is 13.1 Å². The zero-order valence-corrected chi connectivity index (χ0v) is 10.1. The number of sulfonamides is 1. The van der Waals surface area contributed by atoms with Crippen molar-refractivity contribution in [1.29, 1.82) is 0 Å². The maximum absolute atomic E-state index is 11.2. The average molecular weight is 237 g/mol. The summed E-state index contributed by atoms with van der Waals surface area (Å²) in [5, 5.41) is 5.49. The Hall–Kier alpha value is -0.660. The minimum Gasteiger partial charge on any atom is -0.355 e. The molecule has 0 fully saturated rings. The molecule has 1 atom stereocenters. The van der Waals surface area contributed by atoms with Crippen molar-refractivity contribution in [2.45, 2.75) is 19.4 Å². The van der Waals surface area contributed by atoms with E-state index in [4.69, 9.17) is 0 Å². The van der Waals surface area contributed by atoms with Gasteiger partial charge in [-0.2, -0.15) is 0 Å². The molecule has 1 amide bonds. The van der Waals surface area contributed by atoms with Gasteiger partial charge in [0.2, 0.25) is 15.9 Å². The lowest BCUT2D eigenvalue weighted by Gasteiger charge is -2.10. The second-order valence-electron chi connectivity index (χ2n) is 3.32. The van der Waals surface area contributed by atoms with Crippen LogP contribution in [0, 0.1) is 0 Å². The Bertz CT molecular complexity index is 290. The highest BCUT2D eigenvalue weighted by molar-refractivity contribution is 7.88. The quantitative estimate of drug-likeness (QED) is 0.478. The zero-order valence-electron chi connectivity index (χ0n) is 9.33. The van der Waals surface area contributed by atoms with Crippen LogP contribution < -0.4 is 15.4 Å². The highest BCUT2D eigenvalue weighted by atomic mass is 32.2. The van der Waals surface area contributed by atoms with E-state index in [1.807, 2.05) is 0 Å². The van der Waals surface area contributed by atoms with Gasteiger partial charge in [0.05, 0.1) is 12.3 Å². The predicted molar refractivity (Wildman–Crippen MR) is 59.0 cm³/mol. The molecule has 0 aromatic carbocycles. The summed E-state index contributed by atoms with van der Waals surface area (Å²) in [5.74, 6) is -0.0862. The molecule has 0 saturated heterocycles. The van der Waals surface area contributed by atoms with E-state index in [1.54, 1.807) is 14.0 Å². The first-order valence-electron chi connectivity index (χ1n) is 4.76. The molecular weight excluding hydrogens is 218 g/mol. The topological polar surface area (TPSA) is 87.3 Å². The van der Waals surface area contributed by atoms with Gasteiger partial charge in [0.15, 0.2) is 0 Å². The van der Waals surface area contributed by atoms with Crippen molar-refractivity contribution in [1.82, 2.24) is 15.4 Å². The van der Waals surface area contributed by atoms with Crippen LogP contribution in [-0.2, 0) is 14.8 Å². The molecule has 1 unspecified atom stereocenters. The lowest BCUT2D eigenvalue weighted by Crippen LogP contribution is -2.41. The normalized spacial score (nSPS) is 13.5. The van der Waals surface area contributed by atoms with Crippen molar-refractivity contribution in [3.05, 3.63) is 0 Å². The maximum atomic E-state index is 11.2. The molecule has 0 heterocycles. The van der Waals surface area contributed by atoms with Crippen LogP contribution in [0.15, 0.2) is 0 Å². The second-order valence-corrected chi connectivity index (χ2v) is 5.15. The van der Waals surface area contributed by atoms with E-state index < -0.39 is 10.0 Å². The molecule has 0 aromatic rings. The monoisotopic (exact) mass is 237 g/mol. The van der Waals surface area contributed by atoms with Crippen molar-refractivity contribution in [3.8, 4) is 0 Å². The maximum Gasteiger partial charge on any atom is 0.236 e. The predicted octanol–water partition coefficient (Wildman–Crippen LogP) is -1.35. The van der Waals surface area contributed by atoms with E-state index in [9.17, 15) is 13.2 Å². The molecule has 0 aliphatic carbocycles. The molecule has 0 bridgehead atoms. The molecule has 6 nitrogen and oxygen atoms in total. The van der Waals surface area contributed by atoms with Crippen molar-refractivity contribution in [2.75, 3.05) is 26.4 Å². The highest BCUT2D eigenvalue weighted by Gasteiger charge is 2.08. The fraction of sp³-hybridized carbons (Fsp3) is 0.875. The smallest absolute Gasteiger partial charge is 0.236 e. The van der Waals surface area contributed by atoms with Gasteiger partial charge in [-0.1, -0.05) is 0 Å². The number of hydrogen-bond donors (Lipinski definition) is 3. The molecule has 0 rings (SSSR count). The van der Waals surface area contributed by atoms with Crippen LogP contribution in [0.2, 0.25) is 0 Å². The molecule has 15 heavy (non-hydrogen) atoms. The van der Waals surface area contributed by atoms with Crippen LogP contribution >= 0.6 is 0 Å². The summed E-state index contributed by atoms with van der Waals surface area (Å²) in [6, 6.07) is -0.229. The minimum absolute atomic E-state index is 0.0862. The Morgan fingerprint density at radius 1 is 1.33 bits per heavy atom. The fourth-order valence-corrected chi connectivity index (χ4v) is 1.36. The first-order chi connectivity index (χ1) is 6.87. The van der Waals surface area contributed by atoms with Crippen LogP contribution in [-0.4, -0.2) is 46.8 Å². The number of carbonyl (C=O) groups excluding carboxylic acids is 1. The second kappa shape index (κ2) is 6.76. The van der Waals surface area contributed by atoms with E-state index in [0.717, 1.165) is 6.26 Å². The highest BCUT2D eigenvalue weighted by Crippen LogP contribution is 1.82. The lowest BCUT2D eigenvalue weighted by molar-refractivity contribution is -0.122. The van der Waals surface area contributed by atoms with Gasteiger partial charge in [-0.15, -0.1) is 0 Å².